The van der Waals surface area contributed by atoms with Crippen LogP contribution in [0.1, 0.15) is 5.56 Å². The Balaban J connectivity index is 2.16. The average molecular weight is 264 g/mol. The molecule has 0 amide bonds. The Morgan fingerprint density at radius 2 is 2.05 bits per heavy atom. The van der Waals surface area contributed by atoms with Crippen molar-refractivity contribution in [3.63, 3.8) is 0 Å². The van der Waals surface area contributed by atoms with Gasteiger partial charge in [0.25, 0.3) is 5.88 Å². The first-order valence-corrected chi connectivity index (χ1v) is 5.59. The van der Waals surface area contributed by atoms with Gasteiger partial charge < -0.3 is 9.84 Å². The molecule has 1 heterocycles. The zero-order valence-electron chi connectivity index (χ0n) is 10.0. The molecule has 6 nitrogen and oxygen atoms in total. The molecule has 0 unspecified atom stereocenters. The Bertz CT molecular complexity index is 548. The summed E-state index contributed by atoms with van der Waals surface area (Å²) in [5.41, 5.74) is 3.17. The predicted octanol–water partition coefficient (Wildman–Crippen LogP) is 1.23. The zero-order valence-corrected chi connectivity index (χ0v) is 10.0. The van der Waals surface area contributed by atoms with Gasteiger partial charge >= 0.3 is 0 Å². The van der Waals surface area contributed by atoms with Crippen LogP contribution < -0.4 is 16.0 Å². The normalized spacial score (nSPS) is 10.3. The van der Waals surface area contributed by atoms with Crippen molar-refractivity contribution >= 4 is 5.95 Å². The molecule has 19 heavy (non-hydrogen) atoms. The molecule has 2 rings (SSSR count). The Hall–Kier alpha value is -2.25. The fraction of sp³-hybridized carbons (Fsp3) is 0.167. The van der Waals surface area contributed by atoms with Crippen LogP contribution in [0.5, 0.6) is 11.6 Å². The number of hydrazine groups is 1. The molecule has 1 aromatic carbocycles. The monoisotopic (exact) mass is 264 g/mol. The highest BCUT2D eigenvalue weighted by atomic mass is 19.1. The highest BCUT2D eigenvalue weighted by Gasteiger charge is 2.09. The van der Waals surface area contributed by atoms with Gasteiger partial charge in [0.1, 0.15) is 5.75 Å². The van der Waals surface area contributed by atoms with Gasteiger partial charge in [0.2, 0.25) is 11.8 Å². The van der Waals surface area contributed by atoms with Gasteiger partial charge in [0.05, 0.1) is 6.20 Å². The highest BCUT2D eigenvalue weighted by Crippen LogP contribution is 2.23. The van der Waals surface area contributed by atoms with Gasteiger partial charge in [-0.3, -0.25) is 5.43 Å². The second-order valence-electron chi connectivity index (χ2n) is 3.71. The summed E-state index contributed by atoms with van der Waals surface area (Å²) in [5, 5.41) is 8.80. The number of aromatic nitrogens is 2. The smallest absolute Gasteiger partial charge is 0.260 e. The third-order valence-corrected chi connectivity index (χ3v) is 2.38. The van der Waals surface area contributed by atoms with Crippen molar-refractivity contribution in [3.05, 3.63) is 41.8 Å². The first-order chi connectivity index (χ1) is 9.22. The summed E-state index contributed by atoms with van der Waals surface area (Å²) in [6.07, 6.45) is 1.53. The second-order valence-corrected chi connectivity index (χ2v) is 3.71. The minimum Gasteiger partial charge on any atom is -0.436 e. The quantitative estimate of drug-likeness (QED) is 0.555. The topological polar surface area (TPSA) is 93.3 Å². The molecule has 0 bridgehead atoms. The summed E-state index contributed by atoms with van der Waals surface area (Å²) in [6, 6.07) is 6.91. The van der Waals surface area contributed by atoms with Crippen molar-refractivity contribution in [3.8, 4) is 11.6 Å². The van der Waals surface area contributed by atoms with E-state index in [1.165, 1.54) is 0 Å². The van der Waals surface area contributed by atoms with Crippen LogP contribution in [0.4, 0.5) is 10.3 Å². The molecule has 2 aromatic rings. The Morgan fingerprint density at radius 3 is 2.68 bits per heavy atom. The van der Waals surface area contributed by atoms with Gasteiger partial charge in [-0.2, -0.15) is 9.37 Å². The molecule has 0 fully saturated rings. The average Bonchev–Trinajstić information content (AvgIpc) is 2.44. The van der Waals surface area contributed by atoms with Gasteiger partial charge in [-0.15, -0.1) is 0 Å². The fourth-order valence-electron chi connectivity index (χ4n) is 1.46. The SMILES string of the molecule is NNc1ncc(F)c(Oc2ccc(CCO)cc2)n1. The molecule has 0 aliphatic rings. The molecular weight excluding hydrogens is 251 g/mol. The van der Waals surface area contributed by atoms with E-state index in [9.17, 15) is 4.39 Å². The molecule has 100 valence electrons. The molecule has 0 spiro atoms. The zero-order chi connectivity index (χ0) is 13.7. The Morgan fingerprint density at radius 1 is 1.32 bits per heavy atom. The molecule has 0 aliphatic carbocycles. The van der Waals surface area contributed by atoms with E-state index in [1.54, 1.807) is 24.3 Å². The highest BCUT2D eigenvalue weighted by molar-refractivity contribution is 5.33. The Kier molecular flexibility index (Phi) is 4.22. The van der Waals surface area contributed by atoms with Crippen LogP contribution in [0.2, 0.25) is 0 Å². The molecule has 0 saturated carbocycles. The summed E-state index contributed by atoms with van der Waals surface area (Å²) in [5.74, 6) is 4.74. The van der Waals surface area contributed by atoms with E-state index in [-0.39, 0.29) is 18.4 Å². The van der Waals surface area contributed by atoms with Crippen LogP contribution in [0, 0.1) is 5.82 Å². The van der Waals surface area contributed by atoms with Crippen molar-refractivity contribution in [1.82, 2.24) is 9.97 Å². The molecule has 0 saturated heterocycles. The van der Waals surface area contributed by atoms with E-state index in [2.05, 4.69) is 15.4 Å². The number of ether oxygens (including phenoxy) is 1. The molecule has 0 aliphatic heterocycles. The summed E-state index contributed by atoms with van der Waals surface area (Å²) >= 11 is 0. The molecule has 1 aromatic heterocycles. The third kappa shape index (κ3) is 3.36. The van der Waals surface area contributed by atoms with E-state index < -0.39 is 5.82 Å². The standard InChI is InChI=1S/C12H13FN4O2/c13-10-7-15-12(17-14)16-11(10)19-9-3-1-8(2-4-9)5-6-18/h1-4,7,18H,5-6,14H2,(H,15,16,17). The third-order valence-electron chi connectivity index (χ3n) is 2.38. The number of nitrogens with zero attached hydrogens (tertiary/aromatic N) is 2. The fourth-order valence-corrected chi connectivity index (χ4v) is 1.46. The number of rotatable bonds is 5. The van der Waals surface area contributed by atoms with Gasteiger partial charge in [0, 0.05) is 6.61 Å². The van der Waals surface area contributed by atoms with Crippen LogP contribution in [-0.4, -0.2) is 21.7 Å². The van der Waals surface area contributed by atoms with Crippen molar-refractivity contribution in [2.45, 2.75) is 6.42 Å². The minimum atomic E-state index is -0.682. The lowest BCUT2D eigenvalue weighted by molar-refractivity contribution is 0.299. The number of aliphatic hydroxyl groups is 1. The maximum absolute atomic E-state index is 13.4. The maximum atomic E-state index is 13.4. The summed E-state index contributed by atoms with van der Waals surface area (Å²) in [6.45, 7) is 0.0757. The minimum absolute atomic E-state index is 0.0632. The van der Waals surface area contributed by atoms with Crippen LogP contribution in [0.3, 0.4) is 0 Å². The first kappa shape index (κ1) is 13.2. The van der Waals surface area contributed by atoms with Crippen LogP contribution >= 0.6 is 0 Å². The molecule has 7 heteroatoms. The number of nitrogen functional groups attached to an aromatic ring is 1. The number of nitrogens with two attached hydrogens (primary N) is 1. The van der Waals surface area contributed by atoms with E-state index >= 15 is 0 Å². The van der Waals surface area contributed by atoms with Crippen LogP contribution in [0.15, 0.2) is 30.5 Å². The van der Waals surface area contributed by atoms with Crippen molar-refractivity contribution < 1.29 is 14.2 Å². The summed E-state index contributed by atoms with van der Waals surface area (Å²) in [7, 11) is 0. The number of aliphatic hydroxyl groups excluding tert-OH is 1. The number of hydrogen-bond donors (Lipinski definition) is 3. The molecule has 0 atom stereocenters. The molecule has 0 radical (unpaired) electrons. The van der Waals surface area contributed by atoms with Crippen molar-refractivity contribution in [1.29, 1.82) is 0 Å². The first-order valence-electron chi connectivity index (χ1n) is 5.59. The van der Waals surface area contributed by atoms with Gasteiger partial charge in [-0.1, -0.05) is 12.1 Å². The lowest BCUT2D eigenvalue weighted by atomic mass is 10.1. The van der Waals surface area contributed by atoms with E-state index in [1.807, 2.05) is 0 Å². The Labute approximate surface area is 109 Å². The van der Waals surface area contributed by atoms with Gasteiger partial charge in [-0.05, 0) is 24.1 Å². The largest absolute Gasteiger partial charge is 0.436 e. The van der Waals surface area contributed by atoms with E-state index in [0.717, 1.165) is 11.8 Å². The van der Waals surface area contributed by atoms with Crippen molar-refractivity contribution in [2.75, 3.05) is 12.0 Å². The summed E-state index contributed by atoms with van der Waals surface area (Å²) < 4.78 is 18.7. The number of nitrogens with one attached hydrogen (secondary N) is 1. The van der Waals surface area contributed by atoms with Gasteiger partial charge in [-0.25, -0.2) is 10.8 Å². The predicted molar refractivity (Wildman–Crippen MR) is 67.1 cm³/mol. The lowest BCUT2D eigenvalue weighted by Gasteiger charge is -2.07. The van der Waals surface area contributed by atoms with E-state index in [0.29, 0.717) is 12.2 Å². The molecular formula is C12H13FN4O2. The van der Waals surface area contributed by atoms with Crippen LogP contribution in [0.25, 0.3) is 0 Å². The number of benzene rings is 1. The van der Waals surface area contributed by atoms with Crippen LogP contribution in [-0.2, 0) is 6.42 Å². The van der Waals surface area contributed by atoms with Crippen molar-refractivity contribution in [2.24, 2.45) is 5.84 Å². The van der Waals surface area contributed by atoms with E-state index in [4.69, 9.17) is 15.7 Å². The molecule has 4 N–H and O–H groups in total. The second kappa shape index (κ2) is 6.07. The number of halogens is 1. The summed E-state index contributed by atoms with van der Waals surface area (Å²) in [4.78, 5) is 7.37. The lowest BCUT2D eigenvalue weighted by Crippen LogP contribution is -2.11. The van der Waals surface area contributed by atoms with Gasteiger partial charge in [0.15, 0.2) is 0 Å². The number of hydrogen-bond acceptors (Lipinski definition) is 6. The maximum Gasteiger partial charge on any atom is 0.260 e. The number of anilines is 1.